The Morgan fingerprint density at radius 2 is 2.00 bits per heavy atom. The Hall–Kier alpha value is -3.32. The Morgan fingerprint density at radius 1 is 1.19 bits per heavy atom. The standard InChI is InChI=1S/C24H26N2O5/c1-3-29-24(28)22-13-19-15(2)20(10-11-21(19)25-22)26-23(27)16-6-8-17(9-7-16)31-14-18-5-4-12-30-18/h6-11,13,18,25H,3-5,12,14H2,1-2H3,(H,26,27)/t18-/m0/s1. The van der Waals surface area contributed by atoms with Crippen molar-refractivity contribution in [2.75, 3.05) is 25.1 Å². The lowest BCUT2D eigenvalue weighted by Gasteiger charge is -2.12. The van der Waals surface area contributed by atoms with Crippen molar-refractivity contribution >= 4 is 28.5 Å². The van der Waals surface area contributed by atoms with Crippen LogP contribution in [-0.2, 0) is 9.47 Å². The van der Waals surface area contributed by atoms with Crippen molar-refractivity contribution in [1.82, 2.24) is 4.98 Å². The number of nitrogens with one attached hydrogen (secondary N) is 2. The lowest BCUT2D eigenvalue weighted by atomic mass is 10.1. The zero-order valence-corrected chi connectivity index (χ0v) is 17.7. The normalized spacial score (nSPS) is 15.7. The van der Waals surface area contributed by atoms with Gasteiger partial charge in [-0.2, -0.15) is 0 Å². The van der Waals surface area contributed by atoms with Crippen molar-refractivity contribution in [3.05, 3.63) is 59.3 Å². The van der Waals surface area contributed by atoms with Gasteiger partial charge in [0.05, 0.1) is 12.7 Å². The van der Waals surface area contributed by atoms with E-state index in [9.17, 15) is 9.59 Å². The van der Waals surface area contributed by atoms with E-state index in [1.807, 2.05) is 19.1 Å². The van der Waals surface area contributed by atoms with E-state index < -0.39 is 5.97 Å². The molecule has 1 saturated heterocycles. The van der Waals surface area contributed by atoms with Gasteiger partial charge in [0.15, 0.2) is 0 Å². The van der Waals surface area contributed by atoms with E-state index in [4.69, 9.17) is 14.2 Å². The minimum absolute atomic E-state index is 0.152. The molecule has 1 atom stereocenters. The number of hydrogen-bond acceptors (Lipinski definition) is 5. The number of aryl methyl sites for hydroxylation is 1. The maximum atomic E-state index is 12.7. The molecule has 2 N–H and O–H groups in total. The minimum Gasteiger partial charge on any atom is -0.491 e. The second-order valence-electron chi connectivity index (χ2n) is 7.53. The van der Waals surface area contributed by atoms with Crippen LogP contribution in [0.3, 0.4) is 0 Å². The molecule has 2 aromatic carbocycles. The summed E-state index contributed by atoms with van der Waals surface area (Å²) in [6, 6.07) is 12.5. The molecular formula is C24H26N2O5. The number of anilines is 1. The first-order chi connectivity index (χ1) is 15.0. The average Bonchev–Trinajstić information content (AvgIpc) is 3.45. The summed E-state index contributed by atoms with van der Waals surface area (Å²) in [4.78, 5) is 27.8. The Labute approximate surface area is 180 Å². The van der Waals surface area contributed by atoms with Crippen molar-refractivity contribution in [2.45, 2.75) is 32.8 Å². The zero-order chi connectivity index (χ0) is 21.8. The van der Waals surface area contributed by atoms with E-state index in [0.717, 1.165) is 35.9 Å². The molecule has 0 spiro atoms. The molecule has 1 aromatic heterocycles. The highest BCUT2D eigenvalue weighted by molar-refractivity contribution is 6.06. The van der Waals surface area contributed by atoms with Crippen LogP contribution in [0.1, 0.15) is 46.2 Å². The van der Waals surface area contributed by atoms with Crippen LogP contribution < -0.4 is 10.1 Å². The van der Waals surface area contributed by atoms with Crippen molar-refractivity contribution in [3.63, 3.8) is 0 Å². The minimum atomic E-state index is -0.398. The van der Waals surface area contributed by atoms with Gasteiger partial charge in [-0.1, -0.05) is 0 Å². The molecule has 0 unspecified atom stereocenters. The van der Waals surface area contributed by atoms with Crippen molar-refractivity contribution in [3.8, 4) is 5.75 Å². The molecule has 7 heteroatoms. The number of carbonyl (C=O) groups is 2. The fourth-order valence-corrected chi connectivity index (χ4v) is 3.67. The van der Waals surface area contributed by atoms with Crippen LogP contribution in [0.2, 0.25) is 0 Å². The lowest BCUT2D eigenvalue weighted by Crippen LogP contribution is -2.16. The second-order valence-corrected chi connectivity index (χ2v) is 7.53. The van der Waals surface area contributed by atoms with Gasteiger partial charge < -0.3 is 24.5 Å². The van der Waals surface area contributed by atoms with E-state index in [-0.39, 0.29) is 12.0 Å². The van der Waals surface area contributed by atoms with Crippen LogP contribution >= 0.6 is 0 Å². The van der Waals surface area contributed by atoms with Crippen LogP contribution in [-0.4, -0.2) is 42.8 Å². The molecule has 0 bridgehead atoms. The number of fused-ring (bicyclic) bond motifs is 1. The Kier molecular flexibility index (Phi) is 6.23. The molecule has 2 heterocycles. The van der Waals surface area contributed by atoms with Crippen LogP contribution in [0.15, 0.2) is 42.5 Å². The van der Waals surface area contributed by atoms with Crippen molar-refractivity contribution < 1.29 is 23.8 Å². The highest BCUT2D eigenvalue weighted by atomic mass is 16.5. The molecule has 0 saturated carbocycles. The number of esters is 1. The van der Waals surface area contributed by atoms with Crippen molar-refractivity contribution in [1.29, 1.82) is 0 Å². The van der Waals surface area contributed by atoms with Crippen LogP contribution in [0.4, 0.5) is 5.69 Å². The smallest absolute Gasteiger partial charge is 0.354 e. The highest BCUT2D eigenvalue weighted by Gasteiger charge is 2.17. The Balaban J connectivity index is 1.43. The summed E-state index contributed by atoms with van der Waals surface area (Å²) in [6.07, 6.45) is 2.25. The first-order valence-corrected chi connectivity index (χ1v) is 10.5. The largest absolute Gasteiger partial charge is 0.491 e. The van der Waals surface area contributed by atoms with Gasteiger partial charge in [0, 0.05) is 28.8 Å². The third kappa shape index (κ3) is 4.72. The number of hydrogen-bond donors (Lipinski definition) is 2. The number of carbonyl (C=O) groups excluding carboxylic acids is 2. The fourth-order valence-electron chi connectivity index (χ4n) is 3.67. The second kappa shape index (κ2) is 9.22. The van der Waals surface area contributed by atoms with E-state index >= 15 is 0 Å². The summed E-state index contributed by atoms with van der Waals surface area (Å²) in [6.45, 7) is 5.30. The predicted molar refractivity (Wildman–Crippen MR) is 118 cm³/mol. The van der Waals surface area contributed by atoms with Gasteiger partial charge in [-0.15, -0.1) is 0 Å². The maximum absolute atomic E-state index is 12.7. The summed E-state index contributed by atoms with van der Waals surface area (Å²) in [5.41, 5.74) is 3.29. The molecule has 4 rings (SSSR count). The van der Waals surface area contributed by atoms with Crippen LogP contribution in [0, 0.1) is 6.92 Å². The number of aromatic nitrogens is 1. The van der Waals surface area contributed by atoms with Gasteiger partial charge in [-0.3, -0.25) is 4.79 Å². The number of H-pyrrole nitrogens is 1. The number of benzene rings is 2. The lowest BCUT2D eigenvalue weighted by molar-refractivity contribution is 0.0520. The number of amides is 1. The van der Waals surface area contributed by atoms with Gasteiger partial charge in [0.1, 0.15) is 18.1 Å². The third-order valence-corrected chi connectivity index (χ3v) is 5.39. The van der Waals surface area contributed by atoms with Crippen molar-refractivity contribution in [2.24, 2.45) is 0 Å². The molecule has 3 aromatic rings. The average molecular weight is 422 g/mol. The molecule has 0 aliphatic carbocycles. The molecular weight excluding hydrogens is 396 g/mol. The molecule has 31 heavy (non-hydrogen) atoms. The number of rotatable bonds is 7. The summed E-state index contributed by atoms with van der Waals surface area (Å²) < 4.78 is 16.4. The van der Waals surface area contributed by atoms with Crippen LogP contribution in [0.25, 0.3) is 10.9 Å². The number of aromatic amines is 1. The zero-order valence-electron chi connectivity index (χ0n) is 17.7. The molecule has 162 valence electrons. The van der Waals surface area contributed by atoms with E-state index in [2.05, 4.69) is 10.3 Å². The summed E-state index contributed by atoms with van der Waals surface area (Å²) in [7, 11) is 0. The Morgan fingerprint density at radius 3 is 2.71 bits per heavy atom. The Bertz CT molecular complexity index is 1080. The van der Waals surface area contributed by atoms with Gasteiger partial charge in [-0.25, -0.2) is 4.79 Å². The maximum Gasteiger partial charge on any atom is 0.354 e. The van der Waals surface area contributed by atoms with E-state index in [0.29, 0.717) is 35.9 Å². The molecule has 1 amide bonds. The first kappa shape index (κ1) is 20.9. The first-order valence-electron chi connectivity index (χ1n) is 10.5. The molecule has 7 nitrogen and oxygen atoms in total. The number of ether oxygens (including phenoxy) is 3. The van der Waals surface area contributed by atoms with E-state index in [1.165, 1.54) is 0 Å². The van der Waals surface area contributed by atoms with Crippen LogP contribution in [0.5, 0.6) is 5.75 Å². The predicted octanol–water partition coefficient (Wildman–Crippen LogP) is 4.46. The monoisotopic (exact) mass is 422 g/mol. The van der Waals surface area contributed by atoms with Gasteiger partial charge >= 0.3 is 5.97 Å². The summed E-state index contributed by atoms with van der Waals surface area (Å²) >= 11 is 0. The molecule has 1 aliphatic rings. The van der Waals surface area contributed by atoms with Gasteiger partial charge in [-0.05, 0) is 74.7 Å². The molecule has 1 aliphatic heterocycles. The molecule has 0 radical (unpaired) electrons. The van der Waals surface area contributed by atoms with Gasteiger partial charge in [0.2, 0.25) is 0 Å². The summed E-state index contributed by atoms with van der Waals surface area (Å²) in [5.74, 6) is 0.100. The van der Waals surface area contributed by atoms with Gasteiger partial charge in [0.25, 0.3) is 5.91 Å². The van der Waals surface area contributed by atoms with E-state index in [1.54, 1.807) is 37.3 Å². The quantitative estimate of drug-likeness (QED) is 0.549. The molecule has 1 fully saturated rings. The fraction of sp³-hybridized carbons (Fsp3) is 0.333. The highest BCUT2D eigenvalue weighted by Crippen LogP contribution is 2.27. The topological polar surface area (TPSA) is 89.7 Å². The third-order valence-electron chi connectivity index (χ3n) is 5.39. The summed E-state index contributed by atoms with van der Waals surface area (Å²) in [5, 5.41) is 3.81. The SMILES string of the molecule is CCOC(=O)c1cc2c(C)c(NC(=O)c3ccc(OC[C@@H]4CCCO4)cc3)ccc2[nH]1.